The van der Waals surface area contributed by atoms with E-state index in [-0.39, 0.29) is 0 Å². The minimum atomic E-state index is -0.495. The molecule has 112 valence electrons. The van der Waals surface area contributed by atoms with E-state index in [4.69, 9.17) is 11.6 Å². The molecule has 1 unspecified atom stereocenters. The van der Waals surface area contributed by atoms with Gasteiger partial charge in [-0.05, 0) is 31.2 Å². The van der Waals surface area contributed by atoms with E-state index in [1.54, 1.807) is 18.3 Å². The predicted molar refractivity (Wildman–Crippen MR) is 88.6 cm³/mol. The Morgan fingerprint density at radius 3 is 2.33 bits per heavy atom. The number of piperazine rings is 1. The Morgan fingerprint density at radius 1 is 1.14 bits per heavy atom. The molecule has 1 aromatic carbocycles. The monoisotopic (exact) mass is 323 g/mol. The Labute approximate surface area is 133 Å². The van der Waals surface area contributed by atoms with Crippen LogP contribution in [0.25, 0.3) is 0 Å². The van der Waals surface area contributed by atoms with Gasteiger partial charge >= 0.3 is 0 Å². The topological polar surface area (TPSA) is 39.6 Å². The number of benzene rings is 1. The molecule has 6 heteroatoms. The van der Waals surface area contributed by atoms with E-state index in [0.717, 1.165) is 42.0 Å². The van der Waals surface area contributed by atoms with Crippen molar-refractivity contribution in [1.29, 1.82) is 0 Å². The van der Waals surface area contributed by atoms with Crippen LogP contribution >= 0.6 is 22.9 Å². The van der Waals surface area contributed by atoms with E-state index in [2.05, 4.69) is 26.9 Å². The predicted octanol–water partition coefficient (Wildman–Crippen LogP) is 3.18. The molecule has 3 rings (SSSR count). The van der Waals surface area contributed by atoms with E-state index in [1.807, 2.05) is 17.5 Å². The maximum atomic E-state index is 9.56. The standard InChI is InChI=1S/C15H18ClN3OS/c1-11(20)14-10-21-15(17-14)19-8-6-18(7-9-19)13-4-2-12(16)3-5-13/h2-5,10-11,20H,6-9H2,1H3. The highest BCUT2D eigenvalue weighted by atomic mass is 35.5. The molecule has 1 N–H and O–H groups in total. The summed E-state index contributed by atoms with van der Waals surface area (Å²) in [6.07, 6.45) is -0.495. The summed E-state index contributed by atoms with van der Waals surface area (Å²) in [4.78, 5) is 9.14. The zero-order valence-electron chi connectivity index (χ0n) is 11.9. The van der Waals surface area contributed by atoms with Crippen LogP contribution in [0.1, 0.15) is 18.7 Å². The maximum Gasteiger partial charge on any atom is 0.185 e. The van der Waals surface area contributed by atoms with Crippen molar-refractivity contribution >= 4 is 33.8 Å². The van der Waals surface area contributed by atoms with Crippen LogP contribution in [0.4, 0.5) is 10.8 Å². The largest absolute Gasteiger partial charge is 0.387 e. The number of hydrogen-bond acceptors (Lipinski definition) is 5. The molecule has 1 aliphatic heterocycles. The van der Waals surface area contributed by atoms with Crippen LogP contribution in [-0.2, 0) is 0 Å². The molecule has 0 bridgehead atoms. The second kappa shape index (κ2) is 6.22. The summed E-state index contributed by atoms with van der Waals surface area (Å²) in [5.41, 5.74) is 1.97. The summed E-state index contributed by atoms with van der Waals surface area (Å²) in [5, 5.41) is 13.3. The number of anilines is 2. The van der Waals surface area contributed by atoms with Crippen LogP contribution in [0, 0.1) is 0 Å². The molecular weight excluding hydrogens is 306 g/mol. The van der Waals surface area contributed by atoms with Crippen molar-refractivity contribution in [3.63, 3.8) is 0 Å². The van der Waals surface area contributed by atoms with Gasteiger partial charge in [0.15, 0.2) is 5.13 Å². The molecule has 0 spiro atoms. The third-order valence-corrected chi connectivity index (χ3v) is 4.85. The number of aliphatic hydroxyl groups is 1. The highest BCUT2D eigenvalue weighted by molar-refractivity contribution is 7.13. The number of hydrogen-bond donors (Lipinski definition) is 1. The molecule has 0 saturated carbocycles. The van der Waals surface area contributed by atoms with Crippen LogP contribution in [0.5, 0.6) is 0 Å². The van der Waals surface area contributed by atoms with Gasteiger partial charge in [0.2, 0.25) is 0 Å². The zero-order chi connectivity index (χ0) is 14.8. The number of halogens is 1. The van der Waals surface area contributed by atoms with Gasteiger partial charge in [0.05, 0.1) is 11.8 Å². The molecular formula is C15H18ClN3OS. The van der Waals surface area contributed by atoms with Crippen molar-refractivity contribution < 1.29 is 5.11 Å². The number of aliphatic hydroxyl groups excluding tert-OH is 1. The molecule has 0 amide bonds. The molecule has 1 aromatic heterocycles. The van der Waals surface area contributed by atoms with Crippen molar-refractivity contribution in [1.82, 2.24) is 4.98 Å². The van der Waals surface area contributed by atoms with Gasteiger partial charge in [-0.3, -0.25) is 0 Å². The quantitative estimate of drug-likeness (QED) is 0.941. The summed E-state index contributed by atoms with van der Waals surface area (Å²) >= 11 is 7.53. The Kier molecular flexibility index (Phi) is 4.33. The van der Waals surface area contributed by atoms with Gasteiger partial charge in [0.25, 0.3) is 0 Å². The first-order valence-corrected chi connectivity index (χ1v) is 8.28. The van der Waals surface area contributed by atoms with E-state index in [9.17, 15) is 5.11 Å². The first-order valence-electron chi connectivity index (χ1n) is 7.02. The Hall–Kier alpha value is -1.30. The van der Waals surface area contributed by atoms with Crippen LogP contribution in [-0.4, -0.2) is 36.3 Å². The molecule has 0 aliphatic carbocycles. The minimum Gasteiger partial charge on any atom is -0.387 e. The molecule has 1 aliphatic rings. The third kappa shape index (κ3) is 3.31. The van der Waals surface area contributed by atoms with Crippen molar-refractivity contribution in [2.45, 2.75) is 13.0 Å². The summed E-state index contributed by atoms with van der Waals surface area (Å²) in [7, 11) is 0. The maximum absolute atomic E-state index is 9.56. The van der Waals surface area contributed by atoms with Gasteiger partial charge < -0.3 is 14.9 Å². The van der Waals surface area contributed by atoms with Gasteiger partial charge in [-0.2, -0.15) is 0 Å². The van der Waals surface area contributed by atoms with Crippen molar-refractivity contribution in [3.05, 3.63) is 40.4 Å². The summed E-state index contributed by atoms with van der Waals surface area (Å²) in [6.45, 7) is 5.55. The lowest BCUT2D eigenvalue weighted by molar-refractivity contribution is 0.195. The molecule has 2 heterocycles. The van der Waals surface area contributed by atoms with Crippen molar-refractivity contribution in [3.8, 4) is 0 Å². The smallest absolute Gasteiger partial charge is 0.185 e. The highest BCUT2D eigenvalue weighted by Crippen LogP contribution is 2.26. The van der Waals surface area contributed by atoms with Crippen LogP contribution in [0.3, 0.4) is 0 Å². The molecule has 2 aromatic rings. The van der Waals surface area contributed by atoms with E-state index >= 15 is 0 Å². The second-order valence-electron chi connectivity index (χ2n) is 5.18. The fourth-order valence-electron chi connectivity index (χ4n) is 2.42. The summed E-state index contributed by atoms with van der Waals surface area (Å²) < 4.78 is 0. The SMILES string of the molecule is CC(O)c1csc(N2CCN(c3ccc(Cl)cc3)CC2)n1. The molecule has 0 radical (unpaired) electrons. The average Bonchev–Trinajstić information content (AvgIpc) is 2.98. The summed E-state index contributed by atoms with van der Waals surface area (Å²) in [6, 6.07) is 7.98. The first-order chi connectivity index (χ1) is 10.1. The van der Waals surface area contributed by atoms with Gasteiger partial charge in [-0.1, -0.05) is 11.6 Å². The average molecular weight is 324 g/mol. The Bertz CT molecular complexity index is 591. The normalized spacial score (nSPS) is 17.1. The van der Waals surface area contributed by atoms with E-state index in [0.29, 0.717) is 0 Å². The Balaban J connectivity index is 1.63. The number of rotatable bonds is 3. The number of thiazole rings is 1. The summed E-state index contributed by atoms with van der Waals surface area (Å²) in [5.74, 6) is 0. The van der Waals surface area contributed by atoms with Crippen LogP contribution < -0.4 is 9.80 Å². The lowest BCUT2D eigenvalue weighted by Gasteiger charge is -2.36. The van der Waals surface area contributed by atoms with Crippen LogP contribution in [0.15, 0.2) is 29.6 Å². The van der Waals surface area contributed by atoms with Gasteiger partial charge in [-0.15, -0.1) is 11.3 Å². The van der Waals surface area contributed by atoms with Crippen molar-refractivity contribution in [2.24, 2.45) is 0 Å². The second-order valence-corrected chi connectivity index (χ2v) is 6.45. The van der Waals surface area contributed by atoms with E-state index in [1.165, 1.54) is 5.69 Å². The molecule has 1 atom stereocenters. The van der Waals surface area contributed by atoms with Gasteiger partial charge in [-0.25, -0.2) is 4.98 Å². The minimum absolute atomic E-state index is 0.495. The third-order valence-electron chi connectivity index (χ3n) is 3.68. The fourth-order valence-corrected chi connectivity index (χ4v) is 3.51. The van der Waals surface area contributed by atoms with Crippen LogP contribution in [0.2, 0.25) is 5.02 Å². The molecule has 21 heavy (non-hydrogen) atoms. The number of nitrogens with zero attached hydrogens (tertiary/aromatic N) is 3. The highest BCUT2D eigenvalue weighted by Gasteiger charge is 2.20. The van der Waals surface area contributed by atoms with E-state index < -0.39 is 6.10 Å². The molecule has 1 saturated heterocycles. The first kappa shape index (κ1) is 14.6. The molecule has 4 nitrogen and oxygen atoms in total. The fraction of sp³-hybridized carbons (Fsp3) is 0.400. The number of aromatic nitrogens is 1. The van der Waals surface area contributed by atoms with Gasteiger partial charge in [0, 0.05) is 42.3 Å². The van der Waals surface area contributed by atoms with Gasteiger partial charge in [0.1, 0.15) is 0 Å². The zero-order valence-corrected chi connectivity index (χ0v) is 13.4. The lowest BCUT2D eigenvalue weighted by Crippen LogP contribution is -2.46. The Morgan fingerprint density at radius 2 is 1.76 bits per heavy atom. The molecule has 1 fully saturated rings. The van der Waals surface area contributed by atoms with Crippen molar-refractivity contribution in [2.75, 3.05) is 36.0 Å². The lowest BCUT2D eigenvalue weighted by atomic mass is 10.2.